The Morgan fingerprint density at radius 3 is 1.50 bits per heavy atom. The minimum Gasteiger partial charge on any atom is -0.298 e. The third-order valence-electron chi connectivity index (χ3n) is 2.04. The summed E-state index contributed by atoms with van der Waals surface area (Å²) in [4.78, 5) is 21.3. The first-order valence-corrected chi connectivity index (χ1v) is 4.00. The summed E-state index contributed by atoms with van der Waals surface area (Å²) in [5.74, 6) is -4.28. The van der Waals surface area contributed by atoms with Crippen molar-refractivity contribution < 1.29 is 35.9 Å². The molecule has 0 aromatic heterocycles. The fraction of sp³-hybridized carbons (Fsp3) is 0.750. The first kappa shape index (κ1) is 14.9. The second-order valence-corrected chi connectivity index (χ2v) is 3.64. The summed E-state index contributed by atoms with van der Waals surface area (Å²) in [6.45, 7) is 0.859. The Morgan fingerprint density at radius 1 is 0.875 bits per heavy atom. The predicted octanol–water partition coefficient (Wildman–Crippen LogP) is 2.67. The number of carbonyl (C=O) groups is 2. The van der Waals surface area contributed by atoms with Crippen molar-refractivity contribution in [2.75, 3.05) is 0 Å². The van der Waals surface area contributed by atoms with Crippen LogP contribution in [0.15, 0.2) is 0 Å². The average Bonchev–Trinajstić information content (AvgIpc) is 1.99. The lowest BCUT2D eigenvalue weighted by Crippen LogP contribution is -2.42. The smallest absolute Gasteiger partial charge is 0.298 e. The van der Waals surface area contributed by atoms with E-state index in [0.717, 1.165) is 0 Å². The van der Waals surface area contributed by atoms with Crippen molar-refractivity contribution in [2.24, 2.45) is 5.41 Å². The summed E-state index contributed by atoms with van der Waals surface area (Å²) < 4.78 is 71.8. The highest BCUT2D eigenvalue weighted by Crippen LogP contribution is 2.39. The van der Waals surface area contributed by atoms with Crippen molar-refractivity contribution >= 4 is 11.6 Å². The van der Waals surface area contributed by atoms with Gasteiger partial charge in [0.2, 0.25) is 5.78 Å². The highest BCUT2D eigenvalue weighted by Gasteiger charge is 2.54. The summed E-state index contributed by atoms with van der Waals surface area (Å²) in [7, 11) is 0. The predicted molar refractivity (Wildman–Crippen MR) is 40.5 cm³/mol. The van der Waals surface area contributed by atoms with Crippen LogP contribution in [0.3, 0.4) is 0 Å². The molecule has 0 aliphatic heterocycles. The van der Waals surface area contributed by atoms with Gasteiger partial charge in [-0.2, -0.15) is 26.3 Å². The number of hydrogen-bond donors (Lipinski definition) is 0. The lowest BCUT2D eigenvalue weighted by Gasteiger charge is -2.25. The second-order valence-electron chi connectivity index (χ2n) is 3.64. The molecule has 0 aliphatic carbocycles. The molecule has 0 aliphatic rings. The molecule has 0 atom stereocenters. The van der Waals surface area contributed by atoms with Crippen LogP contribution in [0.1, 0.15) is 20.3 Å². The van der Waals surface area contributed by atoms with Crippen LogP contribution >= 0.6 is 0 Å². The number of alkyl halides is 6. The molecule has 0 N–H and O–H groups in total. The Morgan fingerprint density at radius 2 is 1.25 bits per heavy atom. The van der Waals surface area contributed by atoms with Gasteiger partial charge in [0, 0.05) is 0 Å². The van der Waals surface area contributed by atoms with Crippen LogP contribution < -0.4 is 0 Å². The van der Waals surface area contributed by atoms with Crippen molar-refractivity contribution in [1.82, 2.24) is 0 Å². The molecule has 16 heavy (non-hydrogen) atoms. The molecule has 94 valence electrons. The molecule has 8 heteroatoms. The van der Waals surface area contributed by atoms with E-state index in [0.29, 0.717) is 13.8 Å². The second kappa shape index (κ2) is 4.06. The maximum atomic E-state index is 12.2. The minimum atomic E-state index is -5.29. The Hall–Kier alpha value is -1.08. The first-order valence-electron chi connectivity index (χ1n) is 4.00. The largest absolute Gasteiger partial charge is 0.450 e. The number of carbonyl (C=O) groups excluding carboxylic acids is 2. The summed E-state index contributed by atoms with van der Waals surface area (Å²) in [6, 6.07) is 0. The van der Waals surface area contributed by atoms with Gasteiger partial charge in [-0.25, -0.2) is 0 Å². The third-order valence-corrected chi connectivity index (χ3v) is 2.04. The lowest BCUT2D eigenvalue weighted by molar-refractivity contribution is -0.211. The molecular formula is C8H8F6O2. The van der Waals surface area contributed by atoms with Gasteiger partial charge in [-0.15, -0.1) is 0 Å². The molecule has 0 rings (SSSR count). The summed E-state index contributed by atoms with van der Waals surface area (Å²) in [6.07, 6.45) is -12.1. The molecule has 0 aromatic rings. The van der Waals surface area contributed by atoms with Gasteiger partial charge >= 0.3 is 12.4 Å². The number of halogens is 6. The topological polar surface area (TPSA) is 34.1 Å². The highest BCUT2D eigenvalue weighted by molar-refractivity contribution is 6.03. The monoisotopic (exact) mass is 250 g/mol. The lowest BCUT2D eigenvalue weighted by atomic mass is 9.85. The maximum absolute atomic E-state index is 12.2. The van der Waals surface area contributed by atoms with Crippen LogP contribution in [0.5, 0.6) is 0 Å². The van der Waals surface area contributed by atoms with E-state index in [1.165, 1.54) is 0 Å². The van der Waals surface area contributed by atoms with Crippen molar-refractivity contribution in [3.05, 3.63) is 0 Å². The zero-order valence-corrected chi connectivity index (χ0v) is 8.29. The standard InChI is InChI=1S/C8H8F6O2/c1-6(2,8(12,13)14)4(15)3-5(16)7(9,10)11/h3H2,1-2H3. The Kier molecular flexibility index (Phi) is 3.79. The summed E-state index contributed by atoms with van der Waals surface area (Å²) in [5, 5.41) is 0. The fourth-order valence-corrected chi connectivity index (χ4v) is 0.625. The number of Topliss-reactive ketones (excluding diaryl/α,β-unsaturated/α-hetero) is 2. The van der Waals surface area contributed by atoms with Crippen LogP contribution in [0, 0.1) is 5.41 Å². The fourth-order valence-electron chi connectivity index (χ4n) is 0.625. The van der Waals surface area contributed by atoms with Gasteiger partial charge in [0.05, 0.1) is 6.42 Å². The van der Waals surface area contributed by atoms with Crippen molar-refractivity contribution in [1.29, 1.82) is 0 Å². The van der Waals surface area contributed by atoms with E-state index >= 15 is 0 Å². The normalized spacial score (nSPS) is 13.8. The van der Waals surface area contributed by atoms with Crippen LogP contribution in [-0.4, -0.2) is 23.9 Å². The van der Waals surface area contributed by atoms with Crippen molar-refractivity contribution in [3.63, 3.8) is 0 Å². The van der Waals surface area contributed by atoms with Crippen molar-refractivity contribution in [3.8, 4) is 0 Å². The molecule has 0 unspecified atom stereocenters. The van der Waals surface area contributed by atoms with Crippen LogP contribution in [-0.2, 0) is 9.59 Å². The molecule has 0 aromatic carbocycles. The van der Waals surface area contributed by atoms with Gasteiger partial charge in [0.25, 0.3) is 0 Å². The third kappa shape index (κ3) is 3.21. The molecule has 0 heterocycles. The Balaban J connectivity index is 4.80. The van der Waals surface area contributed by atoms with Gasteiger partial charge in [-0.1, -0.05) is 0 Å². The number of rotatable bonds is 3. The molecule has 0 saturated carbocycles. The molecule has 2 nitrogen and oxygen atoms in total. The molecule has 0 radical (unpaired) electrons. The molecule has 0 saturated heterocycles. The van der Waals surface area contributed by atoms with Crippen molar-refractivity contribution in [2.45, 2.75) is 32.6 Å². The summed E-state index contributed by atoms with van der Waals surface area (Å²) >= 11 is 0. The minimum absolute atomic E-state index is 0.430. The molecule has 0 fully saturated rings. The maximum Gasteiger partial charge on any atom is 0.450 e. The van der Waals surface area contributed by atoms with E-state index in [1.54, 1.807) is 0 Å². The van der Waals surface area contributed by atoms with Gasteiger partial charge < -0.3 is 0 Å². The molecule has 0 amide bonds. The van der Waals surface area contributed by atoms with E-state index in [9.17, 15) is 35.9 Å². The van der Waals surface area contributed by atoms with E-state index in [1.807, 2.05) is 0 Å². The Bertz CT molecular complexity index is 299. The SMILES string of the molecule is CC(C)(C(=O)CC(=O)C(F)(F)F)C(F)(F)F. The van der Waals surface area contributed by atoms with Crippen LogP contribution in [0.2, 0.25) is 0 Å². The number of ketones is 2. The van der Waals surface area contributed by atoms with Crippen LogP contribution in [0.4, 0.5) is 26.3 Å². The Labute approximate surface area is 86.6 Å². The van der Waals surface area contributed by atoms with E-state index in [-0.39, 0.29) is 0 Å². The molecule has 0 spiro atoms. The first-order chi connectivity index (χ1) is 6.80. The number of hydrogen-bond acceptors (Lipinski definition) is 2. The van der Waals surface area contributed by atoms with E-state index in [4.69, 9.17) is 0 Å². The summed E-state index contributed by atoms with van der Waals surface area (Å²) in [5.41, 5.74) is -2.96. The van der Waals surface area contributed by atoms with Gasteiger partial charge in [0.15, 0.2) is 5.78 Å². The quantitative estimate of drug-likeness (QED) is 0.570. The average molecular weight is 250 g/mol. The van der Waals surface area contributed by atoms with E-state index < -0.39 is 35.8 Å². The van der Waals surface area contributed by atoms with Gasteiger partial charge in [-0.3, -0.25) is 9.59 Å². The molecule has 0 bridgehead atoms. The molecular weight excluding hydrogens is 242 g/mol. The van der Waals surface area contributed by atoms with Gasteiger partial charge in [-0.05, 0) is 13.8 Å². The highest BCUT2D eigenvalue weighted by atomic mass is 19.4. The zero-order chi connectivity index (χ0) is 13.4. The zero-order valence-electron chi connectivity index (χ0n) is 8.29. The van der Waals surface area contributed by atoms with Gasteiger partial charge in [0.1, 0.15) is 5.41 Å². The van der Waals surface area contributed by atoms with E-state index in [2.05, 4.69) is 0 Å². The van der Waals surface area contributed by atoms with Crippen LogP contribution in [0.25, 0.3) is 0 Å².